The molecule has 1 atom stereocenters. The molecule has 1 unspecified atom stereocenters. The van der Waals surface area contributed by atoms with Crippen molar-refractivity contribution in [2.24, 2.45) is 0 Å². The summed E-state index contributed by atoms with van der Waals surface area (Å²) in [5.74, 6) is -1.57. The van der Waals surface area contributed by atoms with Gasteiger partial charge in [-0.25, -0.2) is 0 Å². The van der Waals surface area contributed by atoms with Crippen molar-refractivity contribution < 1.29 is 19.1 Å². The summed E-state index contributed by atoms with van der Waals surface area (Å²) >= 11 is 0. The highest BCUT2D eigenvalue weighted by molar-refractivity contribution is 6.16. The lowest BCUT2D eigenvalue weighted by Gasteiger charge is -2.28. The van der Waals surface area contributed by atoms with Crippen LogP contribution in [0.2, 0.25) is 0 Å². The van der Waals surface area contributed by atoms with Crippen LogP contribution >= 0.6 is 0 Å². The van der Waals surface area contributed by atoms with E-state index in [0.29, 0.717) is 5.58 Å². The minimum Gasteiger partial charge on any atom is -0.503 e. The van der Waals surface area contributed by atoms with Crippen LogP contribution in [0.15, 0.2) is 94.9 Å². The first-order valence-electron chi connectivity index (χ1n) is 12.0. The smallest absolute Gasteiger partial charge is 0.290 e. The molecule has 0 saturated carbocycles. The summed E-state index contributed by atoms with van der Waals surface area (Å²) in [5, 5.41) is 11.7. The number of anilines is 1. The van der Waals surface area contributed by atoms with E-state index in [9.17, 15) is 14.7 Å². The summed E-state index contributed by atoms with van der Waals surface area (Å²) in [6, 6.07) is 19.6. The highest BCUT2D eigenvalue weighted by Crippen LogP contribution is 2.41. The summed E-state index contributed by atoms with van der Waals surface area (Å²) in [7, 11) is 0. The number of aliphatic hydroxyl groups is 1. The van der Waals surface area contributed by atoms with E-state index < -0.39 is 23.5 Å². The van der Waals surface area contributed by atoms with E-state index in [1.807, 2.05) is 54.6 Å². The van der Waals surface area contributed by atoms with Crippen LogP contribution in [0.5, 0.6) is 0 Å². The molecule has 4 aromatic rings. The fourth-order valence-corrected chi connectivity index (χ4v) is 4.76. The number of aliphatic hydroxyl groups excluding tert-OH is 1. The molecule has 7 heteroatoms. The largest absolute Gasteiger partial charge is 0.503 e. The molecule has 1 N–H and O–H groups in total. The molecule has 2 aromatic carbocycles. The number of benzene rings is 2. The second-order valence-corrected chi connectivity index (χ2v) is 8.69. The van der Waals surface area contributed by atoms with Gasteiger partial charge in [0.15, 0.2) is 11.5 Å². The molecule has 0 bridgehead atoms. The molecule has 1 aliphatic heterocycles. The highest BCUT2D eigenvalue weighted by Gasteiger charge is 2.44. The minimum atomic E-state index is -0.767. The molecule has 1 aliphatic rings. The Labute approximate surface area is 209 Å². The number of ketones is 1. The standard InChI is InChI=1S/C29H27N3O4/c1-3-31(4-2)22-11-9-20(10-12-22)26-25(27(33)24-17-21-7-5-6-8-23(21)36-24)28(34)29(35)32(26)18-19-13-15-30-16-14-19/h5-17,26,34H,3-4,18H2,1-2H3. The number of nitrogens with zero attached hydrogens (tertiary/aromatic N) is 3. The van der Waals surface area contributed by atoms with Crippen LogP contribution in [0.25, 0.3) is 11.0 Å². The van der Waals surface area contributed by atoms with Gasteiger partial charge < -0.3 is 19.3 Å². The lowest BCUT2D eigenvalue weighted by Crippen LogP contribution is -2.30. The summed E-state index contributed by atoms with van der Waals surface area (Å²) in [5.41, 5.74) is 3.21. The first-order valence-corrected chi connectivity index (χ1v) is 12.0. The third-order valence-corrected chi connectivity index (χ3v) is 6.64. The Morgan fingerprint density at radius 3 is 2.39 bits per heavy atom. The van der Waals surface area contributed by atoms with Gasteiger partial charge in [0, 0.05) is 43.1 Å². The molecule has 7 nitrogen and oxygen atoms in total. The maximum absolute atomic E-state index is 13.7. The second kappa shape index (κ2) is 9.70. The van der Waals surface area contributed by atoms with Gasteiger partial charge in [0.1, 0.15) is 5.58 Å². The van der Waals surface area contributed by atoms with Gasteiger partial charge in [0.25, 0.3) is 5.91 Å². The lowest BCUT2D eigenvalue weighted by molar-refractivity contribution is -0.130. The predicted octanol–water partition coefficient (Wildman–Crippen LogP) is 5.45. The number of furan rings is 1. The molecule has 2 aromatic heterocycles. The van der Waals surface area contributed by atoms with Crippen molar-refractivity contribution in [3.05, 3.63) is 107 Å². The Balaban J connectivity index is 1.58. The maximum Gasteiger partial charge on any atom is 0.290 e. The van der Waals surface area contributed by atoms with Crippen LogP contribution in [0.1, 0.15) is 41.6 Å². The van der Waals surface area contributed by atoms with Gasteiger partial charge in [-0.05, 0) is 61.4 Å². The van der Waals surface area contributed by atoms with Crippen molar-refractivity contribution in [3.63, 3.8) is 0 Å². The van der Waals surface area contributed by atoms with Gasteiger partial charge in [-0.1, -0.05) is 30.3 Å². The quantitative estimate of drug-likeness (QED) is 0.337. The molecule has 0 saturated heterocycles. The van der Waals surface area contributed by atoms with Crippen molar-refractivity contribution in [2.75, 3.05) is 18.0 Å². The zero-order chi connectivity index (χ0) is 25.2. The number of para-hydroxylation sites is 1. The Morgan fingerprint density at radius 2 is 1.72 bits per heavy atom. The molecule has 0 aliphatic carbocycles. The number of amides is 1. The fraction of sp³-hybridized carbons (Fsp3) is 0.207. The second-order valence-electron chi connectivity index (χ2n) is 8.69. The third-order valence-electron chi connectivity index (χ3n) is 6.64. The molecule has 0 fully saturated rings. The first kappa shape index (κ1) is 23.4. The van der Waals surface area contributed by atoms with Crippen molar-refractivity contribution in [1.29, 1.82) is 0 Å². The molecule has 1 amide bonds. The average molecular weight is 482 g/mol. The lowest BCUT2D eigenvalue weighted by atomic mass is 9.94. The van der Waals surface area contributed by atoms with E-state index in [1.165, 1.54) is 4.90 Å². The number of hydrogen-bond acceptors (Lipinski definition) is 6. The van der Waals surface area contributed by atoms with Gasteiger partial charge in [0.2, 0.25) is 5.78 Å². The highest BCUT2D eigenvalue weighted by atomic mass is 16.3. The van der Waals surface area contributed by atoms with Crippen LogP contribution in [0.3, 0.4) is 0 Å². The zero-order valence-electron chi connectivity index (χ0n) is 20.2. The first-order chi connectivity index (χ1) is 17.5. The molecule has 0 radical (unpaired) electrons. The van der Waals surface area contributed by atoms with Crippen molar-refractivity contribution in [2.45, 2.75) is 26.4 Å². The number of carbonyl (C=O) groups is 2. The topological polar surface area (TPSA) is 86.9 Å². The van der Waals surface area contributed by atoms with Gasteiger partial charge in [-0.15, -0.1) is 0 Å². The van der Waals surface area contributed by atoms with Crippen LogP contribution in [0.4, 0.5) is 5.69 Å². The van der Waals surface area contributed by atoms with E-state index in [1.54, 1.807) is 24.5 Å². The number of aromatic nitrogens is 1. The Morgan fingerprint density at radius 1 is 1.03 bits per heavy atom. The summed E-state index contributed by atoms with van der Waals surface area (Å²) in [4.78, 5) is 34.8. The number of hydrogen-bond donors (Lipinski definition) is 1. The van der Waals surface area contributed by atoms with Crippen LogP contribution < -0.4 is 4.90 Å². The average Bonchev–Trinajstić information content (AvgIpc) is 3.45. The van der Waals surface area contributed by atoms with E-state index in [4.69, 9.17) is 4.42 Å². The van der Waals surface area contributed by atoms with E-state index >= 15 is 0 Å². The van der Waals surface area contributed by atoms with Crippen LogP contribution in [-0.4, -0.2) is 39.8 Å². The van der Waals surface area contributed by atoms with Gasteiger partial charge in [0.05, 0.1) is 11.6 Å². The van der Waals surface area contributed by atoms with E-state index in [0.717, 1.165) is 35.3 Å². The Kier molecular flexibility index (Phi) is 6.29. The molecule has 36 heavy (non-hydrogen) atoms. The molecule has 5 rings (SSSR count). The zero-order valence-corrected chi connectivity index (χ0v) is 20.2. The Hall–Kier alpha value is -4.39. The fourth-order valence-electron chi connectivity index (χ4n) is 4.76. The monoisotopic (exact) mass is 481 g/mol. The summed E-state index contributed by atoms with van der Waals surface area (Å²) < 4.78 is 5.80. The summed E-state index contributed by atoms with van der Waals surface area (Å²) in [6.45, 7) is 6.12. The molecule has 3 heterocycles. The van der Waals surface area contributed by atoms with E-state index in [-0.39, 0.29) is 17.9 Å². The number of Topliss-reactive ketones (excluding diaryl/α,β-unsaturated/α-hetero) is 1. The molecule has 182 valence electrons. The third kappa shape index (κ3) is 4.13. The number of pyridine rings is 1. The van der Waals surface area contributed by atoms with Crippen molar-refractivity contribution in [3.8, 4) is 0 Å². The van der Waals surface area contributed by atoms with Crippen molar-refractivity contribution in [1.82, 2.24) is 9.88 Å². The molecular formula is C29H27N3O4. The minimum absolute atomic E-state index is 0.0173. The molecular weight excluding hydrogens is 454 g/mol. The summed E-state index contributed by atoms with van der Waals surface area (Å²) in [6.07, 6.45) is 3.30. The number of rotatable bonds is 8. The van der Waals surface area contributed by atoms with Crippen LogP contribution in [-0.2, 0) is 11.3 Å². The van der Waals surface area contributed by atoms with Gasteiger partial charge in [-0.2, -0.15) is 0 Å². The van der Waals surface area contributed by atoms with E-state index in [2.05, 4.69) is 23.7 Å². The van der Waals surface area contributed by atoms with Gasteiger partial charge >= 0.3 is 0 Å². The number of fused-ring (bicyclic) bond motifs is 1. The van der Waals surface area contributed by atoms with Gasteiger partial charge in [-0.3, -0.25) is 14.6 Å². The maximum atomic E-state index is 13.7. The van der Waals surface area contributed by atoms with Crippen molar-refractivity contribution >= 4 is 28.3 Å². The number of carbonyl (C=O) groups excluding carboxylic acids is 2. The van der Waals surface area contributed by atoms with Crippen LogP contribution in [0, 0.1) is 0 Å². The Bertz CT molecular complexity index is 1400. The predicted molar refractivity (Wildman–Crippen MR) is 138 cm³/mol. The normalized spacial score (nSPS) is 15.7. The SMILES string of the molecule is CCN(CC)c1ccc(C2C(C(=O)c3cc4ccccc4o3)=C(O)C(=O)N2Cc2ccncc2)cc1. The molecule has 0 spiro atoms.